The standard InChI is InChI=1S/C18H20N2O4/c1-2-23-18(22)16(17(21)15-9-6-10-19-12-15)13-24-20-11-14-7-4-3-5-8-14/h3-12,16-17,21H,2,13H2,1H3/b20-11+. The van der Waals surface area contributed by atoms with Gasteiger partial charge in [0, 0.05) is 12.4 Å². The number of hydrogen-bond donors (Lipinski definition) is 1. The zero-order chi connectivity index (χ0) is 17.2. The summed E-state index contributed by atoms with van der Waals surface area (Å²) >= 11 is 0. The number of benzene rings is 1. The van der Waals surface area contributed by atoms with Gasteiger partial charge in [0.15, 0.2) is 0 Å². The monoisotopic (exact) mass is 328 g/mol. The van der Waals surface area contributed by atoms with Crippen molar-refractivity contribution < 1.29 is 19.5 Å². The van der Waals surface area contributed by atoms with Crippen LogP contribution in [0.1, 0.15) is 24.2 Å². The lowest BCUT2D eigenvalue weighted by atomic mass is 9.98. The smallest absolute Gasteiger partial charge is 0.315 e. The number of nitrogens with zero attached hydrogens (tertiary/aromatic N) is 2. The Morgan fingerprint density at radius 1 is 1.29 bits per heavy atom. The van der Waals surface area contributed by atoms with Crippen molar-refractivity contribution in [1.82, 2.24) is 4.98 Å². The van der Waals surface area contributed by atoms with Crippen molar-refractivity contribution in [3.8, 4) is 0 Å². The fraction of sp³-hybridized carbons (Fsp3) is 0.278. The van der Waals surface area contributed by atoms with E-state index in [1.54, 1.807) is 31.5 Å². The van der Waals surface area contributed by atoms with Crippen molar-refractivity contribution in [2.24, 2.45) is 11.1 Å². The molecule has 0 fully saturated rings. The Kier molecular flexibility index (Phi) is 6.91. The second-order valence-corrected chi connectivity index (χ2v) is 5.03. The lowest BCUT2D eigenvalue weighted by Gasteiger charge is -2.20. The number of ether oxygens (including phenoxy) is 1. The molecular weight excluding hydrogens is 308 g/mol. The average Bonchev–Trinajstić information content (AvgIpc) is 2.63. The predicted molar refractivity (Wildman–Crippen MR) is 89.3 cm³/mol. The number of carbonyl (C=O) groups is 1. The lowest BCUT2D eigenvalue weighted by molar-refractivity contribution is -0.155. The number of hydrogen-bond acceptors (Lipinski definition) is 6. The molecule has 2 rings (SSSR count). The number of carbonyl (C=O) groups excluding carboxylic acids is 1. The maximum absolute atomic E-state index is 12.1. The largest absolute Gasteiger partial charge is 0.466 e. The van der Waals surface area contributed by atoms with Gasteiger partial charge in [-0.2, -0.15) is 0 Å². The molecule has 6 nitrogen and oxygen atoms in total. The van der Waals surface area contributed by atoms with E-state index >= 15 is 0 Å². The van der Waals surface area contributed by atoms with Crippen LogP contribution >= 0.6 is 0 Å². The fourth-order valence-electron chi connectivity index (χ4n) is 2.08. The van der Waals surface area contributed by atoms with Gasteiger partial charge in [0.25, 0.3) is 0 Å². The van der Waals surface area contributed by atoms with E-state index in [0.29, 0.717) is 5.56 Å². The first-order chi connectivity index (χ1) is 11.7. The van der Waals surface area contributed by atoms with Crippen LogP contribution in [0.2, 0.25) is 0 Å². The third kappa shape index (κ3) is 5.17. The molecule has 0 spiro atoms. The Balaban J connectivity index is 2.01. The first-order valence-corrected chi connectivity index (χ1v) is 7.67. The summed E-state index contributed by atoms with van der Waals surface area (Å²) in [6.45, 7) is 1.83. The zero-order valence-corrected chi connectivity index (χ0v) is 13.4. The van der Waals surface area contributed by atoms with Crippen LogP contribution in [0.5, 0.6) is 0 Å². The lowest BCUT2D eigenvalue weighted by Crippen LogP contribution is -2.28. The molecule has 24 heavy (non-hydrogen) atoms. The fourth-order valence-corrected chi connectivity index (χ4v) is 2.08. The van der Waals surface area contributed by atoms with Crippen LogP contribution < -0.4 is 0 Å². The van der Waals surface area contributed by atoms with Gasteiger partial charge >= 0.3 is 5.97 Å². The molecular formula is C18H20N2O4. The Bertz CT molecular complexity index is 647. The number of oxime groups is 1. The molecule has 0 aliphatic rings. The number of esters is 1. The summed E-state index contributed by atoms with van der Waals surface area (Å²) in [5.74, 6) is -1.43. The van der Waals surface area contributed by atoms with Crippen molar-refractivity contribution in [2.75, 3.05) is 13.2 Å². The molecule has 1 aromatic heterocycles. The van der Waals surface area contributed by atoms with Gasteiger partial charge in [0.2, 0.25) is 0 Å². The van der Waals surface area contributed by atoms with Gasteiger partial charge < -0.3 is 14.7 Å². The molecule has 0 radical (unpaired) electrons. The van der Waals surface area contributed by atoms with E-state index in [0.717, 1.165) is 5.56 Å². The normalized spacial score (nSPS) is 13.4. The Hall–Kier alpha value is -2.73. The highest BCUT2D eigenvalue weighted by atomic mass is 16.6. The van der Waals surface area contributed by atoms with E-state index in [2.05, 4.69) is 10.1 Å². The van der Waals surface area contributed by atoms with E-state index in [1.165, 1.54) is 6.20 Å². The maximum Gasteiger partial charge on any atom is 0.315 e. The minimum absolute atomic E-state index is 0.0990. The number of rotatable bonds is 8. The highest BCUT2D eigenvalue weighted by molar-refractivity contribution is 5.78. The Labute approximate surface area is 140 Å². The van der Waals surface area contributed by atoms with Crippen LogP contribution in [-0.4, -0.2) is 35.5 Å². The molecule has 6 heteroatoms. The highest BCUT2D eigenvalue weighted by Gasteiger charge is 2.30. The van der Waals surface area contributed by atoms with Crippen molar-refractivity contribution >= 4 is 12.2 Å². The molecule has 1 heterocycles. The zero-order valence-electron chi connectivity index (χ0n) is 13.4. The quantitative estimate of drug-likeness (QED) is 0.457. The van der Waals surface area contributed by atoms with Gasteiger partial charge in [-0.1, -0.05) is 41.6 Å². The Morgan fingerprint density at radius 2 is 2.08 bits per heavy atom. The molecule has 0 saturated heterocycles. The van der Waals surface area contributed by atoms with E-state index in [-0.39, 0.29) is 13.2 Å². The van der Waals surface area contributed by atoms with Crippen LogP contribution in [-0.2, 0) is 14.4 Å². The molecule has 2 atom stereocenters. The maximum atomic E-state index is 12.1. The van der Waals surface area contributed by atoms with E-state index < -0.39 is 18.0 Å². The van der Waals surface area contributed by atoms with Crippen molar-refractivity contribution in [3.63, 3.8) is 0 Å². The minimum Gasteiger partial charge on any atom is -0.466 e. The van der Waals surface area contributed by atoms with Crippen molar-refractivity contribution in [1.29, 1.82) is 0 Å². The molecule has 1 N–H and O–H groups in total. The molecule has 2 aromatic rings. The van der Waals surface area contributed by atoms with Crippen LogP contribution in [0, 0.1) is 5.92 Å². The van der Waals surface area contributed by atoms with Gasteiger partial charge in [-0.3, -0.25) is 9.78 Å². The molecule has 0 aliphatic carbocycles. The number of pyridine rings is 1. The first-order valence-electron chi connectivity index (χ1n) is 7.67. The number of aromatic nitrogens is 1. The topological polar surface area (TPSA) is 81.0 Å². The number of aliphatic hydroxyl groups is 1. The van der Waals surface area contributed by atoms with Crippen LogP contribution in [0.25, 0.3) is 0 Å². The van der Waals surface area contributed by atoms with Gasteiger partial charge in [0.1, 0.15) is 12.5 Å². The van der Waals surface area contributed by atoms with Crippen LogP contribution in [0.4, 0.5) is 0 Å². The summed E-state index contributed by atoms with van der Waals surface area (Å²) in [5.41, 5.74) is 1.39. The SMILES string of the molecule is CCOC(=O)C(CO/N=C/c1ccccc1)C(O)c1cccnc1. The van der Waals surface area contributed by atoms with E-state index in [9.17, 15) is 9.90 Å². The third-order valence-corrected chi connectivity index (χ3v) is 3.33. The predicted octanol–water partition coefficient (Wildman–Crippen LogP) is 2.35. The summed E-state index contributed by atoms with van der Waals surface area (Å²) in [6.07, 6.45) is 3.56. The minimum atomic E-state index is -1.08. The average molecular weight is 328 g/mol. The van der Waals surface area contributed by atoms with Gasteiger partial charge in [0.05, 0.1) is 18.9 Å². The molecule has 126 valence electrons. The van der Waals surface area contributed by atoms with E-state index in [1.807, 2.05) is 30.3 Å². The number of aliphatic hydroxyl groups excluding tert-OH is 1. The Morgan fingerprint density at radius 3 is 2.75 bits per heavy atom. The second-order valence-electron chi connectivity index (χ2n) is 5.03. The molecule has 0 amide bonds. The molecule has 0 aliphatic heterocycles. The molecule has 0 bridgehead atoms. The summed E-state index contributed by atoms with van der Waals surface area (Å²) in [4.78, 5) is 21.2. The van der Waals surface area contributed by atoms with Gasteiger partial charge in [-0.15, -0.1) is 0 Å². The molecule has 1 aromatic carbocycles. The molecule has 0 saturated carbocycles. The molecule has 2 unspecified atom stereocenters. The summed E-state index contributed by atoms with van der Waals surface area (Å²) in [5, 5.41) is 14.3. The van der Waals surface area contributed by atoms with Gasteiger partial charge in [-0.25, -0.2) is 0 Å². The van der Waals surface area contributed by atoms with Gasteiger partial charge in [-0.05, 0) is 24.1 Å². The van der Waals surface area contributed by atoms with Crippen molar-refractivity contribution in [3.05, 3.63) is 66.0 Å². The first kappa shape index (κ1) is 17.6. The van der Waals surface area contributed by atoms with Crippen molar-refractivity contribution in [2.45, 2.75) is 13.0 Å². The summed E-state index contributed by atoms with van der Waals surface area (Å²) in [6, 6.07) is 12.8. The van der Waals surface area contributed by atoms with Crippen LogP contribution in [0.15, 0.2) is 60.0 Å². The highest BCUT2D eigenvalue weighted by Crippen LogP contribution is 2.23. The van der Waals surface area contributed by atoms with Crippen LogP contribution in [0.3, 0.4) is 0 Å². The summed E-state index contributed by atoms with van der Waals surface area (Å²) < 4.78 is 5.01. The summed E-state index contributed by atoms with van der Waals surface area (Å²) in [7, 11) is 0. The third-order valence-electron chi connectivity index (χ3n) is 3.33. The van der Waals surface area contributed by atoms with E-state index in [4.69, 9.17) is 9.57 Å². The second kappa shape index (κ2) is 9.42.